The van der Waals surface area contributed by atoms with Crippen LogP contribution in [0.4, 0.5) is 8.78 Å². The van der Waals surface area contributed by atoms with E-state index in [1.807, 2.05) is 0 Å². The van der Waals surface area contributed by atoms with Crippen LogP contribution >= 0.6 is 11.6 Å². The lowest BCUT2D eigenvalue weighted by Gasteiger charge is -2.13. The lowest BCUT2D eigenvalue weighted by molar-refractivity contribution is -0.0494. The summed E-state index contributed by atoms with van der Waals surface area (Å²) in [5.41, 5.74) is 1.00. The highest BCUT2D eigenvalue weighted by atomic mass is 35.5. The molecule has 0 saturated carbocycles. The van der Waals surface area contributed by atoms with Gasteiger partial charge in [0.05, 0.1) is 13.3 Å². The van der Waals surface area contributed by atoms with Gasteiger partial charge in [0.25, 0.3) is 0 Å². The summed E-state index contributed by atoms with van der Waals surface area (Å²) in [4.78, 5) is 3.91. The second kappa shape index (κ2) is 5.84. The fraction of sp³-hybridized carbons (Fsp3) is 0.154. The van der Waals surface area contributed by atoms with Crippen molar-refractivity contribution < 1.29 is 18.3 Å². The number of alkyl halides is 2. The van der Waals surface area contributed by atoms with Gasteiger partial charge in [0.2, 0.25) is 0 Å². The molecule has 0 unspecified atom stereocenters. The number of hydrogen-bond acceptors (Lipinski definition) is 3. The van der Waals surface area contributed by atoms with Gasteiger partial charge in [-0.15, -0.1) is 0 Å². The Morgan fingerprint density at radius 3 is 2.63 bits per heavy atom. The van der Waals surface area contributed by atoms with Gasteiger partial charge in [-0.2, -0.15) is 8.78 Å². The fourth-order valence-corrected chi connectivity index (χ4v) is 1.85. The fourth-order valence-electron chi connectivity index (χ4n) is 1.68. The van der Waals surface area contributed by atoms with Crippen molar-refractivity contribution in [3.05, 3.63) is 41.7 Å². The molecule has 100 valence electrons. The molecule has 3 nitrogen and oxygen atoms in total. The Kier molecular flexibility index (Phi) is 4.16. The second-order valence-corrected chi connectivity index (χ2v) is 4.03. The van der Waals surface area contributed by atoms with Gasteiger partial charge >= 0.3 is 6.61 Å². The molecule has 19 heavy (non-hydrogen) atoms. The molecule has 0 radical (unpaired) electrons. The highest BCUT2D eigenvalue weighted by Gasteiger charge is 2.15. The molecule has 0 bridgehead atoms. The molecule has 0 amide bonds. The predicted molar refractivity (Wildman–Crippen MR) is 67.9 cm³/mol. The molecule has 0 aliphatic rings. The lowest BCUT2D eigenvalue weighted by atomic mass is 10.1. The van der Waals surface area contributed by atoms with Crippen molar-refractivity contribution in [3.8, 4) is 22.6 Å². The van der Waals surface area contributed by atoms with E-state index in [9.17, 15) is 8.78 Å². The number of nitrogens with zero attached hydrogens (tertiary/aromatic N) is 1. The van der Waals surface area contributed by atoms with E-state index in [0.29, 0.717) is 21.9 Å². The van der Waals surface area contributed by atoms with E-state index < -0.39 is 6.61 Å². The zero-order chi connectivity index (χ0) is 13.8. The topological polar surface area (TPSA) is 31.4 Å². The number of rotatable bonds is 4. The molecule has 6 heteroatoms. The van der Waals surface area contributed by atoms with Crippen LogP contribution in [-0.4, -0.2) is 18.7 Å². The molecular weight excluding hydrogens is 276 g/mol. The van der Waals surface area contributed by atoms with Gasteiger partial charge < -0.3 is 9.47 Å². The quantitative estimate of drug-likeness (QED) is 0.850. The van der Waals surface area contributed by atoms with Crippen LogP contribution in [0.5, 0.6) is 11.5 Å². The van der Waals surface area contributed by atoms with Crippen LogP contribution < -0.4 is 9.47 Å². The van der Waals surface area contributed by atoms with Gasteiger partial charge in [-0.05, 0) is 24.3 Å². The third kappa shape index (κ3) is 3.12. The van der Waals surface area contributed by atoms with Crippen LogP contribution in [0.3, 0.4) is 0 Å². The maximum atomic E-state index is 12.4. The first-order valence-electron chi connectivity index (χ1n) is 5.34. The van der Waals surface area contributed by atoms with Crippen LogP contribution in [-0.2, 0) is 0 Å². The molecule has 1 aromatic carbocycles. The van der Waals surface area contributed by atoms with Crippen LogP contribution in [0.25, 0.3) is 11.1 Å². The summed E-state index contributed by atoms with van der Waals surface area (Å²) in [7, 11) is 1.47. The number of methoxy groups -OCH3 is 1. The predicted octanol–water partition coefficient (Wildman–Crippen LogP) is 4.01. The molecule has 1 aromatic heterocycles. The zero-order valence-corrected chi connectivity index (χ0v) is 10.7. The van der Waals surface area contributed by atoms with Gasteiger partial charge in [0.15, 0.2) is 0 Å². The molecule has 0 spiro atoms. The number of hydrogen-bond donors (Lipinski definition) is 0. The smallest absolute Gasteiger partial charge is 0.387 e. The van der Waals surface area contributed by atoms with Crippen LogP contribution in [0.1, 0.15) is 0 Å². The minimum absolute atomic E-state index is 0.0314. The van der Waals surface area contributed by atoms with Crippen molar-refractivity contribution in [1.82, 2.24) is 4.98 Å². The zero-order valence-electron chi connectivity index (χ0n) is 9.94. The average molecular weight is 286 g/mol. The summed E-state index contributed by atoms with van der Waals surface area (Å²) < 4.78 is 34.4. The van der Waals surface area contributed by atoms with Crippen molar-refractivity contribution in [2.24, 2.45) is 0 Å². The van der Waals surface area contributed by atoms with Crippen molar-refractivity contribution >= 4 is 11.6 Å². The van der Waals surface area contributed by atoms with E-state index in [0.717, 1.165) is 0 Å². The third-order valence-corrected chi connectivity index (χ3v) is 2.69. The van der Waals surface area contributed by atoms with Crippen molar-refractivity contribution in [1.29, 1.82) is 0 Å². The first kappa shape index (κ1) is 13.5. The Morgan fingerprint density at radius 2 is 1.95 bits per heavy atom. The van der Waals surface area contributed by atoms with E-state index in [1.54, 1.807) is 6.07 Å². The maximum absolute atomic E-state index is 12.4. The summed E-state index contributed by atoms with van der Waals surface area (Å²) >= 11 is 5.90. The minimum atomic E-state index is -2.91. The Labute approximate surface area is 113 Å². The largest absolute Gasteiger partial charge is 0.494 e. The molecule has 0 aliphatic heterocycles. The summed E-state index contributed by atoms with van der Waals surface area (Å²) in [6, 6.07) is 6.06. The Hall–Kier alpha value is -1.88. The number of aromatic nitrogens is 1. The molecule has 2 aromatic rings. The average Bonchev–Trinajstić information content (AvgIpc) is 2.40. The first-order chi connectivity index (χ1) is 9.11. The van der Waals surface area contributed by atoms with E-state index in [4.69, 9.17) is 16.3 Å². The second-order valence-electron chi connectivity index (χ2n) is 3.59. The highest BCUT2D eigenvalue weighted by molar-refractivity contribution is 6.31. The number of benzene rings is 1. The third-order valence-electron chi connectivity index (χ3n) is 2.45. The van der Waals surface area contributed by atoms with Gasteiger partial charge in [0, 0.05) is 22.3 Å². The Morgan fingerprint density at radius 1 is 1.16 bits per heavy atom. The summed E-state index contributed by atoms with van der Waals surface area (Å²) in [5.74, 6) is 0.479. The molecular formula is C13H10ClF2NO2. The van der Waals surface area contributed by atoms with Gasteiger partial charge in [-0.3, -0.25) is 4.98 Å². The SMILES string of the molecule is COc1cnccc1-c1cc(Cl)ccc1OC(F)F. The normalized spacial score (nSPS) is 10.6. The van der Waals surface area contributed by atoms with Gasteiger partial charge in [-0.25, -0.2) is 0 Å². The van der Waals surface area contributed by atoms with E-state index in [-0.39, 0.29) is 5.75 Å². The molecule has 0 N–H and O–H groups in total. The molecule has 0 saturated heterocycles. The molecule has 0 fully saturated rings. The van der Waals surface area contributed by atoms with E-state index >= 15 is 0 Å². The highest BCUT2D eigenvalue weighted by Crippen LogP contribution is 2.37. The lowest BCUT2D eigenvalue weighted by Crippen LogP contribution is -2.03. The summed E-state index contributed by atoms with van der Waals surface area (Å²) in [5, 5.41) is 0.412. The van der Waals surface area contributed by atoms with Crippen molar-refractivity contribution in [2.75, 3.05) is 7.11 Å². The maximum Gasteiger partial charge on any atom is 0.387 e. The van der Waals surface area contributed by atoms with E-state index in [1.165, 1.54) is 37.7 Å². The van der Waals surface area contributed by atoms with Gasteiger partial charge in [-0.1, -0.05) is 11.6 Å². The molecule has 2 rings (SSSR count). The Balaban J connectivity index is 2.56. The molecule has 0 aliphatic carbocycles. The minimum Gasteiger partial charge on any atom is -0.494 e. The molecule has 0 atom stereocenters. The van der Waals surface area contributed by atoms with Gasteiger partial charge in [0.1, 0.15) is 11.5 Å². The monoisotopic (exact) mass is 285 g/mol. The van der Waals surface area contributed by atoms with Crippen molar-refractivity contribution in [3.63, 3.8) is 0 Å². The van der Waals surface area contributed by atoms with Crippen molar-refractivity contribution in [2.45, 2.75) is 6.61 Å². The number of halogens is 3. The number of pyridine rings is 1. The van der Waals surface area contributed by atoms with E-state index in [2.05, 4.69) is 9.72 Å². The first-order valence-corrected chi connectivity index (χ1v) is 5.72. The standard InChI is InChI=1S/C13H10ClF2NO2/c1-18-12-7-17-5-4-9(12)10-6-8(14)2-3-11(10)19-13(15)16/h2-7,13H,1H3. The number of ether oxygens (including phenoxy) is 2. The van der Waals surface area contributed by atoms with Crippen LogP contribution in [0.2, 0.25) is 5.02 Å². The summed E-state index contributed by atoms with van der Waals surface area (Å²) in [6.45, 7) is -2.91. The Bertz CT molecular complexity index is 578. The molecule has 1 heterocycles. The van der Waals surface area contributed by atoms with Crippen LogP contribution in [0.15, 0.2) is 36.7 Å². The van der Waals surface area contributed by atoms with Crippen LogP contribution in [0, 0.1) is 0 Å². The summed E-state index contributed by atoms with van der Waals surface area (Å²) in [6.07, 6.45) is 3.02.